The number of fused-ring (bicyclic) bond motifs is 1. The van der Waals surface area contributed by atoms with E-state index in [1.54, 1.807) is 36.4 Å². The average Bonchev–Trinajstić information content (AvgIpc) is 3.11. The van der Waals surface area contributed by atoms with Crippen LogP contribution in [0.15, 0.2) is 58.3 Å². The number of nitrogens with one attached hydrogen (secondary N) is 1. The Hall–Kier alpha value is -2.71. The minimum atomic E-state index is -0.244. The van der Waals surface area contributed by atoms with E-state index in [1.165, 1.54) is 34.6 Å². The highest BCUT2D eigenvalue weighted by Crippen LogP contribution is 2.21. The average molecular weight is 399 g/mol. The molecule has 3 aromatic rings. The number of carbonyl (C=O) groups excluding carboxylic acids is 2. The van der Waals surface area contributed by atoms with E-state index in [4.69, 9.17) is 0 Å². The van der Waals surface area contributed by atoms with Crippen LogP contribution in [0.4, 0.5) is 5.69 Å². The molecule has 1 aromatic carbocycles. The van der Waals surface area contributed by atoms with Gasteiger partial charge in [0.2, 0.25) is 5.91 Å². The van der Waals surface area contributed by atoms with Gasteiger partial charge in [0, 0.05) is 17.8 Å². The Morgan fingerprint density at radius 3 is 2.93 bits per heavy atom. The fraction of sp³-hybridized carbons (Fsp3) is 0.158. The van der Waals surface area contributed by atoms with Gasteiger partial charge in [-0.3, -0.25) is 19.0 Å². The highest BCUT2D eigenvalue weighted by molar-refractivity contribution is 7.99. The third-order valence-electron chi connectivity index (χ3n) is 3.75. The number of hydrogen-bond acceptors (Lipinski definition) is 6. The molecule has 6 nitrogen and oxygen atoms in total. The van der Waals surface area contributed by atoms with Gasteiger partial charge in [-0.2, -0.15) is 0 Å². The number of benzene rings is 1. The maximum Gasteiger partial charge on any atom is 0.263 e. The zero-order valence-corrected chi connectivity index (χ0v) is 16.2. The summed E-state index contributed by atoms with van der Waals surface area (Å²) < 4.78 is 1.51. The number of allylic oxidation sites excluding steroid dienone is 1. The number of thiophene rings is 1. The standard InChI is InChI=1S/C19H17N3O3S2/c1-3-8-22-18(25)15-7-9-26-17(15)21-19(22)27-11-16(24)20-14-6-4-5-13(10-14)12(2)23/h3-7,9-10H,1,8,11H2,2H3,(H,20,24). The van der Waals surface area contributed by atoms with Crippen LogP contribution in [-0.2, 0) is 11.3 Å². The number of carbonyl (C=O) groups is 2. The summed E-state index contributed by atoms with van der Waals surface area (Å²) in [6, 6.07) is 8.51. The van der Waals surface area contributed by atoms with Crippen molar-refractivity contribution in [2.75, 3.05) is 11.1 Å². The first-order valence-corrected chi connectivity index (χ1v) is 9.98. The first kappa shape index (κ1) is 19.1. The van der Waals surface area contributed by atoms with Crippen molar-refractivity contribution in [1.29, 1.82) is 0 Å². The van der Waals surface area contributed by atoms with E-state index < -0.39 is 0 Å². The van der Waals surface area contributed by atoms with Crippen LogP contribution in [-0.4, -0.2) is 27.0 Å². The van der Waals surface area contributed by atoms with E-state index >= 15 is 0 Å². The summed E-state index contributed by atoms with van der Waals surface area (Å²) >= 11 is 2.58. The summed E-state index contributed by atoms with van der Waals surface area (Å²) in [5, 5.41) is 5.62. The van der Waals surface area contributed by atoms with Gasteiger partial charge in [-0.25, -0.2) is 4.98 Å². The Labute approximate surface area is 163 Å². The Bertz CT molecular complexity index is 1090. The number of rotatable bonds is 7. The van der Waals surface area contributed by atoms with Crippen molar-refractivity contribution in [3.05, 3.63) is 64.3 Å². The number of nitrogens with zero attached hydrogens (tertiary/aromatic N) is 2. The molecule has 2 aromatic heterocycles. The Balaban J connectivity index is 1.76. The van der Waals surface area contributed by atoms with Gasteiger partial charge in [0.25, 0.3) is 5.56 Å². The molecule has 0 radical (unpaired) electrons. The van der Waals surface area contributed by atoms with Gasteiger partial charge in [0.05, 0.1) is 11.1 Å². The quantitative estimate of drug-likeness (QED) is 0.284. The minimum Gasteiger partial charge on any atom is -0.325 e. The molecule has 0 aliphatic carbocycles. The third-order valence-corrected chi connectivity index (χ3v) is 5.53. The molecule has 0 unspecified atom stereocenters. The van der Waals surface area contributed by atoms with Crippen LogP contribution in [0.25, 0.3) is 10.2 Å². The van der Waals surface area contributed by atoms with Gasteiger partial charge < -0.3 is 5.32 Å². The second kappa shape index (κ2) is 8.32. The molecule has 27 heavy (non-hydrogen) atoms. The van der Waals surface area contributed by atoms with Crippen molar-refractivity contribution in [2.24, 2.45) is 0 Å². The van der Waals surface area contributed by atoms with Gasteiger partial charge >= 0.3 is 0 Å². The SMILES string of the molecule is C=CCn1c(SCC(=O)Nc2cccc(C(C)=O)c2)nc2sccc2c1=O. The lowest BCUT2D eigenvalue weighted by Gasteiger charge is -2.10. The molecule has 1 N–H and O–H groups in total. The molecule has 1 amide bonds. The predicted molar refractivity (Wildman–Crippen MR) is 110 cm³/mol. The molecule has 0 aliphatic heterocycles. The van der Waals surface area contributed by atoms with Gasteiger partial charge in [0.1, 0.15) is 4.83 Å². The van der Waals surface area contributed by atoms with Crippen molar-refractivity contribution in [1.82, 2.24) is 9.55 Å². The highest BCUT2D eigenvalue weighted by Gasteiger charge is 2.13. The number of hydrogen-bond donors (Lipinski definition) is 1. The maximum absolute atomic E-state index is 12.6. The zero-order valence-electron chi connectivity index (χ0n) is 14.6. The monoisotopic (exact) mass is 399 g/mol. The Morgan fingerprint density at radius 1 is 1.37 bits per heavy atom. The Kier molecular flexibility index (Phi) is 5.88. The fourth-order valence-electron chi connectivity index (χ4n) is 2.47. The van der Waals surface area contributed by atoms with Crippen molar-refractivity contribution in [3.63, 3.8) is 0 Å². The van der Waals surface area contributed by atoms with Crippen LogP contribution >= 0.6 is 23.1 Å². The first-order valence-electron chi connectivity index (χ1n) is 8.12. The minimum absolute atomic E-state index is 0.0673. The summed E-state index contributed by atoms with van der Waals surface area (Å²) in [7, 11) is 0. The van der Waals surface area contributed by atoms with E-state index in [9.17, 15) is 14.4 Å². The van der Waals surface area contributed by atoms with Crippen LogP contribution < -0.4 is 10.9 Å². The molecule has 0 spiro atoms. The van der Waals surface area contributed by atoms with E-state index in [1.807, 2.05) is 5.38 Å². The lowest BCUT2D eigenvalue weighted by molar-refractivity contribution is -0.113. The van der Waals surface area contributed by atoms with Crippen LogP contribution in [0, 0.1) is 0 Å². The summed E-state index contributed by atoms with van der Waals surface area (Å²) in [6.45, 7) is 5.47. The molecule has 138 valence electrons. The third kappa shape index (κ3) is 4.35. The topological polar surface area (TPSA) is 81.1 Å². The summed E-state index contributed by atoms with van der Waals surface area (Å²) in [5.74, 6) is -0.223. The molecule has 8 heteroatoms. The van der Waals surface area contributed by atoms with Crippen LogP contribution in [0.5, 0.6) is 0 Å². The molecule has 0 saturated carbocycles. The largest absolute Gasteiger partial charge is 0.325 e. The Morgan fingerprint density at radius 2 is 2.19 bits per heavy atom. The second-order valence-electron chi connectivity index (χ2n) is 5.71. The maximum atomic E-state index is 12.6. The van der Waals surface area contributed by atoms with Gasteiger partial charge in [0.15, 0.2) is 10.9 Å². The van der Waals surface area contributed by atoms with Crippen LogP contribution in [0.3, 0.4) is 0 Å². The smallest absolute Gasteiger partial charge is 0.263 e. The molecule has 0 aliphatic rings. The van der Waals surface area contributed by atoms with E-state index in [-0.39, 0.29) is 23.0 Å². The molecular weight excluding hydrogens is 382 g/mol. The molecule has 0 saturated heterocycles. The predicted octanol–water partition coefficient (Wildman–Crippen LogP) is 3.58. The van der Waals surface area contributed by atoms with Crippen molar-refractivity contribution >= 4 is 50.7 Å². The van der Waals surface area contributed by atoms with Crippen molar-refractivity contribution in [3.8, 4) is 0 Å². The number of amides is 1. The summed E-state index contributed by atoms with van der Waals surface area (Å²) in [4.78, 5) is 41.5. The summed E-state index contributed by atoms with van der Waals surface area (Å²) in [6.07, 6.45) is 1.62. The second-order valence-corrected chi connectivity index (χ2v) is 7.55. The number of aromatic nitrogens is 2. The molecule has 0 fully saturated rings. The number of ketones is 1. The van der Waals surface area contributed by atoms with Gasteiger partial charge in [-0.15, -0.1) is 17.9 Å². The van der Waals surface area contributed by atoms with Gasteiger partial charge in [-0.05, 0) is 30.5 Å². The summed E-state index contributed by atoms with van der Waals surface area (Å²) in [5.41, 5.74) is 0.946. The first-order chi connectivity index (χ1) is 13.0. The fourth-order valence-corrected chi connectivity index (χ4v) is 4.09. The lowest BCUT2D eigenvalue weighted by atomic mass is 10.1. The van der Waals surface area contributed by atoms with E-state index in [2.05, 4.69) is 16.9 Å². The molecule has 0 bridgehead atoms. The lowest BCUT2D eigenvalue weighted by Crippen LogP contribution is -2.23. The van der Waals surface area contributed by atoms with E-state index in [0.29, 0.717) is 33.2 Å². The van der Waals surface area contributed by atoms with Crippen molar-refractivity contribution < 1.29 is 9.59 Å². The number of Topliss-reactive ketones (excluding diaryl/α,β-unsaturated/α-hetero) is 1. The van der Waals surface area contributed by atoms with E-state index in [0.717, 1.165) is 0 Å². The molecular formula is C19H17N3O3S2. The number of thioether (sulfide) groups is 1. The van der Waals surface area contributed by atoms with Crippen LogP contribution in [0.2, 0.25) is 0 Å². The molecule has 3 rings (SSSR count). The van der Waals surface area contributed by atoms with Crippen molar-refractivity contribution in [2.45, 2.75) is 18.6 Å². The molecule has 0 atom stereocenters. The normalized spacial score (nSPS) is 10.7. The highest BCUT2D eigenvalue weighted by atomic mass is 32.2. The molecule has 2 heterocycles. The van der Waals surface area contributed by atoms with Gasteiger partial charge in [-0.1, -0.05) is 30.0 Å². The zero-order chi connectivity index (χ0) is 19.4. The number of anilines is 1. The van der Waals surface area contributed by atoms with Crippen LogP contribution in [0.1, 0.15) is 17.3 Å².